The van der Waals surface area contributed by atoms with Gasteiger partial charge in [-0.15, -0.1) is 0 Å². The van der Waals surface area contributed by atoms with Crippen molar-refractivity contribution in [1.29, 1.82) is 0 Å². The van der Waals surface area contributed by atoms with Gasteiger partial charge in [-0.2, -0.15) is 0 Å². The normalized spacial score (nSPS) is 24.3. The molecule has 114 valence electrons. The summed E-state index contributed by atoms with van der Waals surface area (Å²) in [6.07, 6.45) is -0.238. The van der Waals surface area contributed by atoms with Crippen molar-refractivity contribution in [2.75, 3.05) is 32.8 Å². The number of rotatable bonds is 2. The predicted octanol–water partition coefficient (Wildman–Crippen LogP) is 0.993. The summed E-state index contributed by atoms with van der Waals surface area (Å²) >= 11 is 1.66. The van der Waals surface area contributed by atoms with E-state index in [4.69, 9.17) is 9.84 Å². The van der Waals surface area contributed by atoms with Crippen LogP contribution in [0.3, 0.4) is 0 Å². The average Bonchev–Trinajstić information content (AvgIpc) is 2.85. The number of hydrogen-bond donors (Lipinski definition) is 2. The van der Waals surface area contributed by atoms with Crippen molar-refractivity contribution in [2.24, 2.45) is 0 Å². The first-order valence-electron chi connectivity index (χ1n) is 6.83. The molecule has 0 spiro atoms. The van der Waals surface area contributed by atoms with Crippen LogP contribution in [0.4, 0.5) is 4.79 Å². The van der Waals surface area contributed by atoms with E-state index in [0.717, 1.165) is 18.8 Å². The standard InChI is InChI=1S/C13H23N3O3S/c1-13(2,3)19-12(18)16-6-4-15(5-7-16)11-14-10(8-17)9-20-11/h9,11,14,17H,4-8H2,1-3H3. The van der Waals surface area contributed by atoms with Crippen molar-refractivity contribution in [3.63, 3.8) is 0 Å². The number of carbonyl (C=O) groups excluding carboxylic acids is 1. The van der Waals surface area contributed by atoms with Gasteiger partial charge in [-0.3, -0.25) is 4.90 Å². The lowest BCUT2D eigenvalue weighted by atomic mass is 10.2. The molecule has 0 radical (unpaired) electrons. The number of nitrogens with zero attached hydrogens (tertiary/aromatic N) is 2. The molecule has 6 nitrogen and oxygen atoms in total. The predicted molar refractivity (Wildman–Crippen MR) is 79.1 cm³/mol. The van der Waals surface area contributed by atoms with Crippen LogP contribution in [0.2, 0.25) is 0 Å². The molecule has 2 aliphatic heterocycles. The Hall–Kier alpha value is -0.920. The van der Waals surface area contributed by atoms with Crippen LogP contribution in [-0.4, -0.2) is 64.9 Å². The Kier molecular flexibility index (Phi) is 4.82. The fourth-order valence-electron chi connectivity index (χ4n) is 2.10. The van der Waals surface area contributed by atoms with Gasteiger partial charge in [0.25, 0.3) is 0 Å². The first-order chi connectivity index (χ1) is 9.39. The van der Waals surface area contributed by atoms with E-state index >= 15 is 0 Å². The molecule has 2 heterocycles. The molecule has 0 saturated carbocycles. The van der Waals surface area contributed by atoms with Crippen LogP contribution in [0.5, 0.6) is 0 Å². The van der Waals surface area contributed by atoms with Gasteiger partial charge in [0.15, 0.2) is 0 Å². The maximum atomic E-state index is 12.0. The maximum Gasteiger partial charge on any atom is 0.410 e. The van der Waals surface area contributed by atoms with Gasteiger partial charge in [-0.1, -0.05) is 11.8 Å². The fraction of sp³-hybridized carbons (Fsp3) is 0.769. The van der Waals surface area contributed by atoms with Gasteiger partial charge in [-0.05, 0) is 26.2 Å². The molecule has 0 aliphatic carbocycles. The summed E-state index contributed by atoms with van der Waals surface area (Å²) in [5.41, 5.74) is 0.573. The SMILES string of the molecule is CC(C)(C)OC(=O)N1CCN(C2NC(CO)=CS2)CC1. The first kappa shape index (κ1) is 15.5. The number of piperazine rings is 1. The lowest BCUT2D eigenvalue weighted by Gasteiger charge is -2.38. The van der Waals surface area contributed by atoms with Crippen molar-refractivity contribution in [1.82, 2.24) is 15.1 Å². The summed E-state index contributed by atoms with van der Waals surface area (Å²) < 4.78 is 5.38. The average molecular weight is 301 g/mol. The molecule has 0 aromatic rings. The van der Waals surface area contributed by atoms with E-state index in [1.54, 1.807) is 16.7 Å². The van der Waals surface area contributed by atoms with Crippen molar-refractivity contribution in [3.8, 4) is 0 Å². The number of hydrogen-bond acceptors (Lipinski definition) is 6. The van der Waals surface area contributed by atoms with Crippen LogP contribution >= 0.6 is 11.8 Å². The number of thioether (sulfide) groups is 1. The number of ether oxygens (including phenoxy) is 1. The highest BCUT2D eigenvalue weighted by molar-refractivity contribution is 8.02. The Balaban J connectivity index is 1.77. The molecular weight excluding hydrogens is 278 g/mol. The van der Waals surface area contributed by atoms with Crippen LogP contribution in [-0.2, 0) is 4.74 Å². The summed E-state index contributed by atoms with van der Waals surface area (Å²) in [5, 5.41) is 14.3. The monoisotopic (exact) mass is 301 g/mol. The molecule has 0 aromatic heterocycles. The minimum Gasteiger partial charge on any atom is -0.444 e. The Morgan fingerprint density at radius 1 is 1.45 bits per heavy atom. The first-order valence-corrected chi connectivity index (χ1v) is 7.77. The number of aliphatic hydroxyl groups excluding tert-OH is 1. The number of amides is 1. The Morgan fingerprint density at radius 3 is 2.60 bits per heavy atom. The van der Waals surface area contributed by atoms with Gasteiger partial charge in [0.1, 0.15) is 11.1 Å². The van der Waals surface area contributed by atoms with Gasteiger partial charge in [0, 0.05) is 31.9 Å². The third-order valence-corrected chi connectivity index (χ3v) is 4.21. The molecule has 0 aromatic carbocycles. The lowest BCUT2D eigenvalue weighted by Crippen LogP contribution is -2.54. The Morgan fingerprint density at radius 2 is 2.10 bits per heavy atom. The Bertz CT molecular complexity index is 387. The number of aliphatic hydroxyl groups is 1. The number of carbonyl (C=O) groups is 1. The fourth-order valence-corrected chi connectivity index (χ4v) is 3.14. The maximum absolute atomic E-state index is 12.0. The van der Waals surface area contributed by atoms with Crippen molar-refractivity contribution >= 4 is 17.9 Å². The minimum absolute atomic E-state index is 0.0430. The van der Waals surface area contributed by atoms with Crippen LogP contribution in [0.25, 0.3) is 0 Å². The van der Waals surface area contributed by atoms with E-state index in [9.17, 15) is 4.79 Å². The third-order valence-electron chi connectivity index (χ3n) is 3.12. The lowest BCUT2D eigenvalue weighted by molar-refractivity contribution is 0.0130. The topological polar surface area (TPSA) is 65.0 Å². The second-order valence-corrected chi connectivity index (χ2v) is 6.89. The Labute approximate surface area is 124 Å². The van der Waals surface area contributed by atoms with Crippen molar-refractivity contribution < 1.29 is 14.6 Å². The van der Waals surface area contributed by atoms with E-state index in [1.807, 2.05) is 26.2 Å². The molecule has 7 heteroatoms. The van der Waals surface area contributed by atoms with Gasteiger partial charge >= 0.3 is 6.09 Å². The molecule has 1 atom stereocenters. The molecule has 2 N–H and O–H groups in total. The summed E-state index contributed by atoms with van der Waals surface area (Å²) in [6, 6.07) is 0. The van der Waals surface area contributed by atoms with Crippen LogP contribution < -0.4 is 5.32 Å². The summed E-state index contributed by atoms with van der Waals surface area (Å²) in [7, 11) is 0. The zero-order valence-electron chi connectivity index (χ0n) is 12.3. The molecule has 1 fully saturated rings. The third kappa shape index (κ3) is 4.04. The van der Waals surface area contributed by atoms with E-state index in [-0.39, 0.29) is 18.2 Å². The number of nitrogens with one attached hydrogen (secondary N) is 1. The zero-order chi connectivity index (χ0) is 14.8. The second-order valence-electron chi connectivity index (χ2n) is 5.94. The molecule has 1 saturated heterocycles. The van der Waals surface area contributed by atoms with E-state index in [1.165, 1.54) is 0 Å². The highest BCUT2D eigenvalue weighted by Crippen LogP contribution is 2.24. The largest absolute Gasteiger partial charge is 0.444 e. The molecular formula is C13H23N3O3S. The van der Waals surface area contributed by atoms with Crippen molar-refractivity contribution in [2.45, 2.75) is 31.9 Å². The molecule has 20 heavy (non-hydrogen) atoms. The highest BCUT2D eigenvalue weighted by Gasteiger charge is 2.30. The van der Waals surface area contributed by atoms with Crippen molar-refractivity contribution in [3.05, 3.63) is 11.1 Å². The summed E-state index contributed by atoms with van der Waals surface area (Å²) in [6.45, 7) is 8.62. The minimum atomic E-state index is -0.447. The highest BCUT2D eigenvalue weighted by atomic mass is 32.2. The van der Waals surface area contributed by atoms with E-state index < -0.39 is 5.60 Å². The zero-order valence-corrected chi connectivity index (χ0v) is 13.1. The molecule has 2 aliphatic rings. The van der Waals surface area contributed by atoms with Gasteiger partial charge in [-0.25, -0.2) is 4.79 Å². The molecule has 1 unspecified atom stereocenters. The van der Waals surface area contributed by atoms with Crippen LogP contribution in [0.15, 0.2) is 11.1 Å². The van der Waals surface area contributed by atoms with Crippen LogP contribution in [0, 0.1) is 0 Å². The molecule has 1 amide bonds. The summed E-state index contributed by atoms with van der Waals surface area (Å²) in [5.74, 6) is 0. The van der Waals surface area contributed by atoms with E-state index in [0.29, 0.717) is 13.1 Å². The summed E-state index contributed by atoms with van der Waals surface area (Å²) in [4.78, 5) is 16.0. The quantitative estimate of drug-likeness (QED) is 0.793. The molecule has 2 rings (SSSR count). The van der Waals surface area contributed by atoms with Gasteiger partial charge < -0.3 is 20.1 Å². The second kappa shape index (κ2) is 6.24. The van der Waals surface area contributed by atoms with E-state index in [2.05, 4.69) is 10.2 Å². The smallest absolute Gasteiger partial charge is 0.410 e. The van der Waals surface area contributed by atoms with Crippen LogP contribution in [0.1, 0.15) is 20.8 Å². The van der Waals surface area contributed by atoms with Gasteiger partial charge in [0.2, 0.25) is 0 Å². The van der Waals surface area contributed by atoms with Gasteiger partial charge in [0.05, 0.1) is 6.61 Å². The molecule has 0 bridgehead atoms.